The van der Waals surface area contributed by atoms with E-state index in [0.29, 0.717) is 6.04 Å². The van der Waals surface area contributed by atoms with Crippen LogP contribution in [-0.2, 0) is 0 Å². The van der Waals surface area contributed by atoms with Crippen LogP contribution in [0.15, 0.2) is 4.99 Å². The van der Waals surface area contributed by atoms with Gasteiger partial charge in [0, 0.05) is 19.1 Å². The van der Waals surface area contributed by atoms with Crippen molar-refractivity contribution >= 4 is 5.96 Å². The molecule has 4 nitrogen and oxygen atoms in total. The van der Waals surface area contributed by atoms with Crippen molar-refractivity contribution in [2.45, 2.75) is 45.1 Å². The zero-order valence-electron chi connectivity index (χ0n) is 11.6. The third-order valence-corrected chi connectivity index (χ3v) is 3.07. The van der Waals surface area contributed by atoms with Crippen molar-refractivity contribution in [1.29, 1.82) is 0 Å². The third kappa shape index (κ3) is 6.51. The van der Waals surface area contributed by atoms with Crippen molar-refractivity contribution in [3.8, 4) is 0 Å². The van der Waals surface area contributed by atoms with E-state index in [1.165, 1.54) is 25.7 Å². The largest absolute Gasteiger partial charge is 0.357 e. The van der Waals surface area contributed by atoms with Crippen LogP contribution < -0.4 is 10.6 Å². The van der Waals surface area contributed by atoms with Crippen LogP contribution in [0.4, 0.5) is 0 Å². The second-order valence-electron chi connectivity index (χ2n) is 5.04. The van der Waals surface area contributed by atoms with Gasteiger partial charge in [0.25, 0.3) is 0 Å². The van der Waals surface area contributed by atoms with Crippen LogP contribution in [-0.4, -0.2) is 50.6 Å². The molecule has 1 saturated carbocycles. The molecule has 2 N–H and O–H groups in total. The van der Waals surface area contributed by atoms with E-state index >= 15 is 0 Å². The zero-order chi connectivity index (χ0) is 12.5. The Balaban J connectivity index is 2.27. The summed E-state index contributed by atoms with van der Waals surface area (Å²) < 4.78 is 0. The van der Waals surface area contributed by atoms with E-state index in [9.17, 15) is 0 Å². The average molecular weight is 240 g/mol. The van der Waals surface area contributed by atoms with Gasteiger partial charge < -0.3 is 15.5 Å². The molecule has 0 saturated heterocycles. The topological polar surface area (TPSA) is 39.7 Å². The summed E-state index contributed by atoms with van der Waals surface area (Å²) in [5.74, 6) is 0.998. The van der Waals surface area contributed by atoms with Crippen molar-refractivity contribution in [3.05, 3.63) is 0 Å². The predicted molar refractivity (Wildman–Crippen MR) is 74.5 cm³/mol. The van der Waals surface area contributed by atoms with Crippen molar-refractivity contribution in [2.75, 3.05) is 33.7 Å². The third-order valence-electron chi connectivity index (χ3n) is 3.07. The lowest BCUT2D eigenvalue weighted by molar-refractivity contribution is 0.403. The molecule has 17 heavy (non-hydrogen) atoms. The van der Waals surface area contributed by atoms with Gasteiger partial charge in [-0.1, -0.05) is 12.8 Å². The molecule has 100 valence electrons. The van der Waals surface area contributed by atoms with Gasteiger partial charge in [-0.05, 0) is 46.8 Å². The van der Waals surface area contributed by atoms with E-state index in [2.05, 4.69) is 41.5 Å². The van der Waals surface area contributed by atoms with Crippen LogP contribution >= 0.6 is 0 Å². The van der Waals surface area contributed by atoms with Gasteiger partial charge in [-0.25, -0.2) is 0 Å². The normalized spacial score (nSPS) is 17.8. The van der Waals surface area contributed by atoms with Crippen LogP contribution in [0.1, 0.15) is 39.0 Å². The Bertz CT molecular complexity index is 219. The quantitative estimate of drug-likeness (QED) is 0.419. The number of nitrogens with zero attached hydrogens (tertiary/aromatic N) is 2. The van der Waals surface area contributed by atoms with Gasteiger partial charge in [-0.15, -0.1) is 0 Å². The molecule has 0 aromatic carbocycles. The molecule has 0 aliphatic heterocycles. The van der Waals surface area contributed by atoms with Crippen LogP contribution in [0.5, 0.6) is 0 Å². The highest BCUT2D eigenvalue weighted by molar-refractivity contribution is 5.80. The van der Waals surface area contributed by atoms with Gasteiger partial charge in [-0.2, -0.15) is 0 Å². The Kier molecular flexibility index (Phi) is 7.01. The van der Waals surface area contributed by atoms with Gasteiger partial charge in [0.15, 0.2) is 5.96 Å². The van der Waals surface area contributed by atoms with E-state index in [1.54, 1.807) is 0 Å². The highest BCUT2D eigenvalue weighted by Gasteiger charge is 2.15. The molecule has 0 aromatic heterocycles. The van der Waals surface area contributed by atoms with E-state index in [4.69, 9.17) is 0 Å². The Hall–Kier alpha value is -0.770. The number of rotatable bonds is 6. The number of aliphatic imine (C=N–C) groups is 1. The Morgan fingerprint density at radius 2 is 2.00 bits per heavy atom. The lowest BCUT2D eigenvalue weighted by Gasteiger charge is -2.16. The maximum absolute atomic E-state index is 4.62. The first-order chi connectivity index (χ1) is 8.22. The fourth-order valence-corrected chi connectivity index (χ4v) is 2.16. The molecule has 4 heteroatoms. The van der Waals surface area contributed by atoms with Crippen molar-refractivity contribution in [1.82, 2.24) is 15.5 Å². The molecule has 0 bridgehead atoms. The molecular formula is C13H28N4. The molecular weight excluding hydrogens is 212 g/mol. The van der Waals surface area contributed by atoms with Gasteiger partial charge in [0.2, 0.25) is 0 Å². The maximum Gasteiger partial charge on any atom is 0.191 e. The number of guanidine groups is 1. The van der Waals surface area contributed by atoms with Crippen molar-refractivity contribution in [2.24, 2.45) is 4.99 Å². The first kappa shape index (κ1) is 14.3. The smallest absolute Gasteiger partial charge is 0.191 e. The van der Waals surface area contributed by atoms with E-state index in [0.717, 1.165) is 32.0 Å². The Morgan fingerprint density at radius 3 is 2.59 bits per heavy atom. The van der Waals surface area contributed by atoms with Gasteiger partial charge in [-0.3, -0.25) is 4.99 Å². The summed E-state index contributed by atoms with van der Waals surface area (Å²) in [6, 6.07) is 0.640. The molecule has 1 rings (SSSR count). The maximum atomic E-state index is 4.62. The molecule has 1 aliphatic rings. The summed E-state index contributed by atoms with van der Waals surface area (Å²) >= 11 is 0. The highest BCUT2D eigenvalue weighted by Crippen LogP contribution is 2.17. The fourth-order valence-electron chi connectivity index (χ4n) is 2.16. The van der Waals surface area contributed by atoms with Gasteiger partial charge in [0.1, 0.15) is 0 Å². The van der Waals surface area contributed by atoms with E-state index in [1.807, 2.05) is 0 Å². The standard InChI is InChI=1S/C13H28N4/c1-4-14-13(15-10-7-11-17(2)3)16-12-8-5-6-9-12/h12H,4-11H2,1-3H3,(H2,14,15,16). The van der Waals surface area contributed by atoms with Crippen molar-refractivity contribution < 1.29 is 0 Å². The summed E-state index contributed by atoms with van der Waals surface area (Å²) in [6.45, 7) is 5.06. The summed E-state index contributed by atoms with van der Waals surface area (Å²) in [5.41, 5.74) is 0. The van der Waals surface area contributed by atoms with Crippen molar-refractivity contribution in [3.63, 3.8) is 0 Å². The summed E-state index contributed by atoms with van der Waals surface area (Å²) in [6.07, 6.45) is 6.42. The monoisotopic (exact) mass is 240 g/mol. The molecule has 0 unspecified atom stereocenters. The molecule has 0 spiro atoms. The minimum absolute atomic E-state index is 0.640. The molecule has 1 aliphatic carbocycles. The SMILES string of the molecule is CCNC(=NCCCN(C)C)NC1CCCC1. The molecule has 0 aromatic rings. The van der Waals surface area contributed by atoms with Crippen LogP contribution in [0.2, 0.25) is 0 Å². The summed E-state index contributed by atoms with van der Waals surface area (Å²) in [4.78, 5) is 6.82. The summed E-state index contributed by atoms with van der Waals surface area (Å²) in [7, 11) is 4.21. The molecule has 0 atom stereocenters. The second kappa shape index (κ2) is 8.34. The first-order valence-corrected chi connectivity index (χ1v) is 6.92. The minimum atomic E-state index is 0.640. The first-order valence-electron chi connectivity index (χ1n) is 6.92. The lowest BCUT2D eigenvalue weighted by Crippen LogP contribution is -2.42. The van der Waals surface area contributed by atoms with Gasteiger partial charge in [0.05, 0.1) is 0 Å². The molecule has 0 radical (unpaired) electrons. The minimum Gasteiger partial charge on any atom is -0.357 e. The highest BCUT2D eigenvalue weighted by atomic mass is 15.2. The van der Waals surface area contributed by atoms with Crippen LogP contribution in [0.25, 0.3) is 0 Å². The van der Waals surface area contributed by atoms with Crippen LogP contribution in [0, 0.1) is 0 Å². The number of hydrogen-bond donors (Lipinski definition) is 2. The fraction of sp³-hybridized carbons (Fsp3) is 0.923. The van der Waals surface area contributed by atoms with Crippen LogP contribution in [0.3, 0.4) is 0 Å². The average Bonchev–Trinajstić information content (AvgIpc) is 2.77. The Morgan fingerprint density at radius 1 is 1.29 bits per heavy atom. The van der Waals surface area contributed by atoms with E-state index < -0.39 is 0 Å². The van der Waals surface area contributed by atoms with Gasteiger partial charge >= 0.3 is 0 Å². The predicted octanol–water partition coefficient (Wildman–Crippen LogP) is 1.44. The zero-order valence-corrected chi connectivity index (χ0v) is 11.6. The molecule has 1 fully saturated rings. The van der Waals surface area contributed by atoms with E-state index in [-0.39, 0.29) is 0 Å². The number of nitrogens with one attached hydrogen (secondary N) is 2. The molecule has 0 heterocycles. The Labute approximate surface area is 106 Å². The summed E-state index contributed by atoms with van der Waals surface area (Å²) in [5, 5.41) is 6.85. The lowest BCUT2D eigenvalue weighted by atomic mass is 10.2. The molecule has 0 amide bonds. The second-order valence-corrected chi connectivity index (χ2v) is 5.04. The number of hydrogen-bond acceptors (Lipinski definition) is 2.